The molecule has 1 unspecified atom stereocenters. The second-order valence-corrected chi connectivity index (χ2v) is 5.69. The molecular formula is C9H15NO2S. The molecule has 1 fully saturated rings. The van der Waals surface area contributed by atoms with Crippen LogP contribution in [0.1, 0.15) is 19.3 Å². The van der Waals surface area contributed by atoms with Gasteiger partial charge in [-0.15, -0.1) is 12.3 Å². The molecule has 1 N–H and O–H groups in total. The maximum absolute atomic E-state index is 11.3. The van der Waals surface area contributed by atoms with Crippen LogP contribution in [0.2, 0.25) is 0 Å². The first kappa shape index (κ1) is 10.6. The summed E-state index contributed by atoms with van der Waals surface area (Å²) in [5.41, 5.74) is 0. The number of terminal acetylenes is 1. The summed E-state index contributed by atoms with van der Waals surface area (Å²) in [7, 11) is -2.79. The van der Waals surface area contributed by atoms with Gasteiger partial charge in [0.05, 0.1) is 11.0 Å². The summed E-state index contributed by atoms with van der Waals surface area (Å²) in [5, 5.41) is 2.89. The molecule has 0 amide bonds. The Bertz CT molecular complexity index is 289. The minimum absolute atomic E-state index is 0.176. The highest BCUT2D eigenvalue weighted by atomic mass is 32.2. The second kappa shape index (κ2) is 4.64. The van der Waals surface area contributed by atoms with Crippen molar-refractivity contribution in [3.05, 3.63) is 0 Å². The van der Waals surface area contributed by atoms with Crippen molar-refractivity contribution in [3.8, 4) is 12.3 Å². The van der Waals surface area contributed by atoms with Gasteiger partial charge in [0.15, 0.2) is 9.84 Å². The maximum atomic E-state index is 11.3. The van der Waals surface area contributed by atoms with Gasteiger partial charge in [0, 0.05) is 19.5 Å². The minimum atomic E-state index is -2.79. The first-order chi connectivity index (χ1) is 6.17. The van der Waals surface area contributed by atoms with Crippen molar-refractivity contribution in [1.82, 2.24) is 5.32 Å². The van der Waals surface area contributed by atoms with Crippen molar-refractivity contribution in [2.24, 2.45) is 0 Å². The molecular weight excluding hydrogens is 186 g/mol. The van der Waals surface area contributed by atoms with Crippen molar-refractivity contribution >= 4 is 9.84 Å². The van der Waals surface area contributed by atoms with Crippen molar-refractivity contribution in [3.63, 3.8) is 0 Å². The Morgan fingerprint density at radius 1 is 1.54 bits per heavy atom. The Labute approximate surface area is 79.8 Å². The monoisotopic (exact) mass is 201 g/mol. The highest BCUT2D eigenvalue weighted by Crippen LogP contribution is 2.18. The smallest absolute Gasteiger partial charge is 0.154 e. The van der Waals surface area contributed by atoms with Crippen LogP contribution in [0.15, 0.2) is 0 Å². The lowest BCUT2D eigenvalue weighted by atomic mass is 10.2. The number of hydrogen-bond acceptors (Lipinski definition) is 3. The molecule has 1 aliphatic rings. The molecule has 1 aliphatic heterocycles. The van der Waals surface area contributed by atoms with E-state index in [-0.39, 0.29) is 5.25 Å². The van der Waals surface area contributed by atoms with Crippen LogP contribution in [0.4, 0.5) is 0 Å². The molecule has 0 aromatic heterocycles. The van der Waals surface area contributed by atoms with Crippen molar-refractivity contribution in [1.29, 1.82) is 0 Å². The lowest BCUT2D eigenvalue weighted by Crippen LogP contribution is -2.30. The molecule has 0 bridgehead atoms. The number of nitrogens with one attached hydrogen (secondary N) is 1. The van der Waals surface area contributed by atoms with Gasteiger partial charge in [0.2, 0.25) is 0 Å². The molecule has 13 heavy (non-hydrogen) atoms. The third-order valence-electron chi connectivity index (χ3n) is 2.28. The van der Waals surface area contributed by atoms with Gasteiger partial charge < -0.3 is 5.32 Å². The molecule has 1 rings (SSSR count). The molecule has 0 radical (unpaired) electrons. The summed E-state index contributed by atoms with van der Waals surface area (Å²) in [6.07, 6.45) is 7.33. The largest absolute Gasteiger partial charge is 0.314 e. The molecule has 74 valence electrons. The van der Waals surface area contributed by atoms with Gasteiger partial charge in [-0.05, 0) is 12.8 Å². The van der Waals surface area contributed by atoms with Crippen molar-refractivity contribution < 1.29 is 8.42 Å². The predicted octanol–water partition coefficient (Wildman–Crippen LogP) is 0.177. The molecule has 0 saturated carbocycles. The summed E-state index contributed by atoms with van der Waals surface area (Å²) in [4.78, 5) is 0. The third kappa shape index (κ3) is 3.02. The van der Waals surface area contributed by atoms with E-state index in [9.17, 15) is 8.42 Å². The van der Waals surface area contributed by atoms with Crippen LogP contribution in [0.25, 0.3) is 0 Å². The SMILES string of the molecule is C#CCCNCC1CCCS1(=O)=O. The molecule has 4 heteroatoms. The quantitative estimate of drug-likeness (QED) is 0.521. The van der Waals surface area contributed by atoms with E-state index in [4.69, 9.17) is 6.42 Å². The molecule has 0 aromatic rings. The van der Waals surface area contributed by atoms with E-state index in [0.29, 0.717) is 25.3 Å². The van der Waals surface area contributed by atoms with Gasteiger partial charge in [-0.1, -0.05) is 0 Å². The molecule has 0 spiro atoms. The fourth-order valence-corrected chi connectivity index (χ4v) is 3.31. The van der Waals surface area contributed by atoms with Crippen LogP contribution in [0.5, 0.6) is 0 Å². The van der Waals surface area contributed by atoms with E-state index in [1.165, 1.54) is 0 Å². The van der Waals surface area contributed by atoms with Gasteiger partial charge in [-0.3, -0.25) is 0 Å². The van der Waals surface area contributed by atoms with Crippen molar-refractivity contribution in [2.45, 2.75) is 24.5 Å². The summed E-state index contributed by atoms with van der Waals surface area (Å²) < 4.78 is 22.7. The van der Waals surface area contributed by atoms with Crippen molar-refractivity contribution in [2.75, 3.05) is 18.8 Å². The molecule has 1 atom stereocenters. The van der Waals surface area contributed by atoms with Gasteiger partial charge in [-0.2, -0.15) is 0 Å². The first-order valence-corrected chi connectivity index (χ1v) is 6.24. The number of hydrogen-bond donors (Lipinski definition) is 1. The van der Waals surface area contributed by atoms with Gasteiger partial charge in [0.1, 0.15) is 0 Å². The predicted molar refractivity (Wildman–Crippen MR) is 53.1 cm³/mol. The molecule has 0 aliphatic carbocycles. The van der Waals surface area contributed by atoms with E-state index in [1.54, 1.807) is 0 Å². The van der Waals surface area contributed by atoms with E-state index < -0.39 is 9.84 Å². The zero-order chi connectivity index (χ0) is 9.73. The second-order valence-electron chi connectivity index (χ2n) is 3.29. The van der Waals surface area contributed by atoms with Crippen LogP contribution in [0, 0.1) is 12.3 Å². The molecule has 0 aromatic carbocycles. The van der Waals surface area contributed by atoms with Gasteiger partial charge in [0.25, 0.3) is 0 Å². The molecule has 1 heterocycles. The first-order valence-electron chi connectivity index (χ1n) is 4.52. The van der Waals surface area contributed by atoms with Gasteiger partial charge >= 0.3 is 0 Å². The lowest BCUT2D eigenvalue weighted by Gasteiger charge is -2.09. The molecule has 3 nitrogen and oxygen atoms in total. The van der Waals surface area contributed by atoms with E-state index >= 15 is 0 Å². The summed E-state index contributed by atoms with van der Waals surface area (Å²) in [5.74, 6) is 2.86. The van der Waals surface area contributed by atoms with E-state index in [1.807, 2.05) is 0 Å². The average Bonchev–Trinajstić information content (AvgIpc) is 2.40. The lowest BCUT2D eigenvalue weighted by molar-refractivity contribution is 0.576. The summed E-state index contributed by atoms with van der Waals surface area (Å²) in [6, 6.07) is 0. The van der Waals surface area contributed by atoms with E-state index in [0.717, 1.165) is 12.8 Å². The van der Waals surface area contributed by atoms with E-state index in [2.05, 4.69) is 11.2 Å². The maximum Gasteiger partial charge on any atom is 0.154 e. The molecule has 1 saturated heterocycles. The fraction of sp³-hybridized carbons (Fsp3) is 0.778. The average molecular weight is 201 g/mol. The summed E-state index contributed by atoms with van der Waals surface area (Å²) >= 11 is 0. The van der Waals surface area contributed by atoms with Crippen LogP contribution >= 0.6 is 0 Å². The van der Waals surface area contributed by atoms with Crippen LogP contribution in [-0.4, -0.2) is 32.5 Å². The Kier molecular flexibility index (Phi) is 3.76. The van der Waals surface area contributed by atoms with Gasteiger partial charge in [-0.25, -0.2) is 8.42 Å². The number of sulfone groups is 1. The summed E-state index contributed by atoms with van der Waals surface area (Å²) in [6.45, 7) is 1.27. The zero-order valence-corrected chi connectivity index (χ0v) is 8.44. The van der Waals surface area contributed by atoms with Crippen LogP contribution in [-0.2, 0) is 9.84 Å². The highest BCUT2D eigenvalue weighted by Gasteiger charge is 2.30. The third-order valence-corrected chi connectivity index (χ3v) is 4.56. The Morgan fingerprint density at radius 2 is 2.31 bits per heavy atom. The number of rotatable bonds is 4. The van der Waals surface area contributed by atoms with Crippen LogP contribution in [0.3, 0.4) is 0 Å². The van der Waals surface area contributed by atoms with Crippen LogP contribution < -0.4 is 5.32 Å². The Morgan fingerprint density at radius 3 is 2.85 bits per heavy atom. The normalized spacial score (nSPS) is 25.6. The fourth-order valence-electron chi connectivity index (χ4n) is 1.51. The zero-order valence-electron chi connectivity index (χ0n) is 7.62. The Balaban J connectivity index is 2.26. The standard InChI is InChI=1S/C9H15NO2S/c1-2-3-6-10-8-9-5-4-7-13(9,11)12/h1,9-10H,3-8H2. The topological polar surface area (TPSA) is 46.2 Å². The Hall–Kier alpha value is -0.530. The highest BCUT2D eigenvalue weighted by molar-refractivity contribution is 7.92. The minimum Gasteiger partial charge on any atom is -0.314 e.